The van der Waals surface area contributed by atoms with Crippen LogP contribution in [0, 0.1) is 5.82 Å². The van der Waals surface area contributed by atoms with Crippen LogP contribution in [0.5, 0.6) is 5.75 Å². The number of piperidine rings is 1. The molecular formula is C23H33FN4O3. The summed E-state index contributed by atoms with van der Waals surface area (Å²) in [6.07, 6.45) is 4.70. The lowest BCUT2D eigenvalue weighted by Gasteiger charge is -2.39. The molecule has 3 aliphatic heterocycles. The molecule has 1 aromatic carbocycles. The van der Waals surface area contributed by atoms with Crippen LogP contribution in [0.3, 0.4) is 0 Å². The van der Waals surface area contributed by atoms with Crippen LogP contribution in [0.15, 0.2) is 18.2 Å². The average molecular weight is 433 g/mol. The maximum atomic E-state index is 14.4. The molecule has 0 aliphatic carbocycles. The SMILES string of the molecule is COc1ccc(CN2CCNC(=O)[C@@H]2CC(=O)N2CCC(N3CCCC3)CC2)c(F)c1. The number of hydrogen-bond acceptors (Lipinski definition) is 5. The van der Waals surface area contributed by atoms with E-state index in [0.29, 0.717) is 30.4 Å². The number of amides is 2. The monoisotopic (exact) mass is 432 g/mol. The van der Waals surface area contributed by atoms with Crippen molar-refractivity contribution in [3.05, 3.63) is 29.6 Å². The molecule has 170 valence electrons. The molecule has 31 heavy (non-hydrogen) atoms. The summed E-state index contributed by atoms with van der Waals surface area (Å²) in [6.45, 7) is 5.24. The van der Waals surface area contributed by atoms with Crippen LogP contribution >= 0.6 is 0 Å². The quantitative estimate of drug-likeness (QED) is 0.740. The number of likely N-dealkylation sites (tertiary alicyclic amines) is 2. The summed E-state index contributed by atoms with van der Waals surface area (Å²) in [5.41, 5.74) is 0.499. The van der Waals surface area contributed by atoms with Crippen molar-refractivity contribution >= 4 is 11.8 Å². The maximum absolute atomic E-state index is 14.4. The van der Waals surface area contributed by atoms with Gasteiger partial charge in [0.05, 0.1) is 19.6 Å². The van der Waals surface area contributed by atoms with Gasteiger partial charge >= 0.3 is 0 Å². The molecule has 1 N–H and O–H groups in total. The highest BCUT2D eigenvalue weighted by atomic mass is 19.1. The Bertz CT molecular complexity index is 791. The van der Waals surface area contributed by atoms with Crippen molar-refractivity contribution in [2.75, 3.05) is 46.4 Å². The highest BCUT2D eigenvalue weighted by Gasteiger charge is 2.35. The fraction of sp³-hybridized carbons (Fsp3) is 0.652. The van der Waals surface area contributed by atoms with Gasteiger partial charge in [-0.3, -0.25) is 14.5 Å². The van der Waals surface area contributed by atoms with E-state index in [-0.39, 0.29) is 30.6 Å². The van der Waals surface area contributed by atoms with Crippen molar-refractivity contribution in [2.45, 2.75) is 50.7 Å². The molecule has 0 radical (unpaired) electrons. The summed E-state index contributed by atoms with van der Waals surface area (Å²) in [5.74, 6) is -0.0383. The van der Waals surface area contributed by atoms with E-state index in [1.54, 1.807) is 12.1 Å². The van der Waals surface area contributed by atoms with Gasteiger partial charge < -0.3 is 19.9 Å². The van der Waals surface area contributed by atoms with Crippen molar-refractivity contribution in [3.8, 4) is 5.75 Å². The van der Waals surface area contributed by atoms with Gasteiger partial charge in [-0.15, -0.1) is 0 Å². The van der Waals surface area contributed by atoms with Gasteiger partial charge in [-0.05, 0) is 44.8 Å². The maximum Gasteiger partial charge on any atom is 0.237 e. The summed E-state index contributed by atoms with van der Waals surface area (Å²) in [6, 6.07) is 4.76. The number of carbonyl (C=O) groups excluding carboxylic acids is 2. The van der Waals surface area contributed by atoms with Crippen LogP contribution < -0.4 is 10.1 Å². The number of nitrogens with one attached hydrogen (secondary N) is 1. The van der Waals surface area contributed by atoms with Gasteiger partial charge in [-0.1, -0.05) is 6.07 Å². The largest absolute Gasteiger partial charge is 0.497 e. The van der Waals surface area contributed by atoms with E-state index < -0.39 is 6.04 Å². The van der Waals surface area contributed by atoms with Crippen molar-refractivity contribution in [1.82, 2.24) is 20.0 Å². The molecule has 1 aromatic rings. The molecule has 3 fully saturated rings. The van der Waals surface area contributed by atoms with Crippen molar-refractivity contribution in [3.63, 3.8) is 0 Å². The van der Waals surface area contributed by atoms with E-state index in [1.807, 2.05) is 9.80 Å². The van der Waals surface area contributed by atoms with Gasteiger partial charge in [-0.2, -0.15) is 0 Å². The molecule has 8 heteroatoms. The van der Waals surface area contributed by atoms with Crippen LogP contribution in [0.25, 0.3) is 0 Å². The third-order valence-corrected chi connectivity index (χ3v) is 6.92. The van der Waals surface area contributed by atoms with Gasteiger partial charge in [-0.25, -0.2) is 4.39 Å². The third-order valence-electron chi connectivity index (χ3n) is 6.92. The van der Waals surface area contributed by atoms with Crippen LogP contribution in [-0.4, -0.2) is 85.0 Å². The molecule has 3 aliphatic rings. The average Bonchev–Trinajstić information content (AvgIpc) is 3.32. The standard InChI is InChI=1S/C23H33FN4O3/c1-31-19-5-4-17(20(24)14-19)16-28-13-8-25-23(30)21(28)15-22(29)27-11-6-18(7-12-27)26-9-2-3-10-26/h4-5,14,18,21H,2-3,6-13,15-16H2,1H3,(H,25,30)/t21-/m0/s1. The number of piperazine rings is 1. The smallest absolute Gasteiger partial charge is 0.237 e. The number of halogens is 1. The molecular weight excluding hydrogens is 399 g/mol. The normalized spacial score (nSPS) is 23.7. The number of rotatable bonds is 6. The molecule has 2 amide bonds. The van der Waals surface area contributed by atoms with Crippen LogP contribution in [0.4, 0.5) is 4.39 Å². The first kappa shape index (κ1) is 22.0. The Hall–Kier alpha value is -2.19. The molecule has 3 heterocycles. The number of benzene rings is 1. The third kappa shape index (κ3) is 5.18. The van der Waals surface area contributed by atoms with E-state index in [2.05, 4.69) is 10.2 Å². The number of methoxy groups -OCH3 is 1. The minimum atomic E-state index is -0.570. The Morgan fingerprint density at radius 3 is 2.58 bits per heavy atom. The molecule has 0 bridgehead atoms. The Morgan fingerprint density at radius 1 is 1.16 bits per heavy atom. The predicted molar refractivity (Wildman–Crippen MR) is 115 cm³/mol. The van der Waals surface area contributed by atoms with Gasteiger partial charge in [0.1, 0.15) is 11.6 Å². The second-order valence-electron chi connectivity index (χ2n) is 8.79. The van der Waals surface area contributed by atoms with Crippen LogP contribution in [0.1, 0.15) is 37.7 Å². The van der Waals surface area contributed by atoms with Gasteiger partial charge in [0.25, 0.3) is 0 Å². The summed E-state index contributed by atoms with van der Waals surface area (Å²) in [7, 11) is 1.50. The predicted octanol–water partition coefficient (Wildman–Crippen LogP) is 1.61. The van der Waals surface area contributed by atoms with Crippen molar-refractivity contribution < 1.29 is 18.7 Å². The molecule has 0 unspecified atom stereocenters. The molecule has 3 saturated heterocycles. The number of ether oxygens (including phenoxy) is 1. The molecule has 7 nitrogen and oxygen atoms in total. The molecule has 0 saturated carbocycles. The fourth-order valence-electron chi connectivity index (χ4n) is 5.06. The Morgan fingerprint density at radius 2 is 1.90 bits per heavy atom. The van der Waals surface area contributed by atoms with E-state index in [4.69, 9.17) is 4.74 Å². The lowest BCUT2D eigenvalue weighted by Crippen LogP contribution is -2.56. The first-order valence-corrected chi connectivity index (χ1v) is 11.4. The van der Waals surface area contributed by atoms with Gasteiger partial charge in [0.2, 0.25) is 11.8 Å². The number of carbonyl (C=O) groups is 2. The molecule has 0 spiro atoms. The summed E-state index contributed by atoms with van der Waals surface area (Å²) in [5, 5.41) is 2.86. The number of hydrogen-bond donors (Lipinski definition) is 1. The van der Waals surface area contributed by atoms with E-state index in [1.165, 1.54) is 39.1 Å². The minimum Gasteiger partial charge on any atom is -0.497 e. The van der Waals surface area contributed by atoms with Crippen molar-refractivity contribution in [1.29, 1.82) is 0 Å². The second-order valence-corrected chi connectivity index (χ2v) is 8.79. The summed E-state index contributed by atoms with van der Waals surface area (Å²) in [4.78, 5) is 32.0. The first-order valence-electron chi connectivity index (χ1n) is 11.4. The lowest BCUT2D eigenvalue weighted by molar-refractivity contribution is -0.140. The van der Waals surface area contributed by atoms with Crippen LogP contribution in [0.2, 0.25) is 0 Å². The van der Waals surface area contributed by atoms with E-state index in [9.17, 15) is 14.0 Å². The van der Waals surface area contributed by atoms with Crippen LogP contribution in [-0.2, 0) is 16.1 Å². The Balaban J connectivity index is 1.36. The second kappa shape index (κ2) is 9.96. The summed E-state index contributed by atoms with van der Waals surface area (Å²) >= 11 is 0. The Labute approximate surface area is 183 Å². The highest BCUT2D eigenvalue weighted by Crippen LogP contribution is 2.23. The topological polar surface area (TPSA) is 65.1 Å². The first-order chi connectivity index (χ1) is 15.0. The highest BCUT2D eigenvalue weighted by molar-refractivity contribution is 5.88. The fourth-order valence-corrected chi connectivity index (χ4v) is 5.06. The number of nitrogens with zero attached hydrogens (tertiary/aromatic N) is 3. The Kier molecular flexibility index (Phi) is 7.07. The van der Waals surface area contributed by atoms with Crippen molar-refractivity contribution in [2.24, 2.45) is 0 Å². The minimum absolute atomic E-state index is 0.0159. The van der Waals surface area contributed by atoms with Gasteiger partial charge in [0.15, 0.2) is 0 Å². The van der Waals surface area contributed by atoms with E-state index in [0.717, 1.165) is 25.9 Å². The molecule has 1 atom stereocenters. The molecule has 0 aromatic heterocycles. The zero-order chi connectivity index (χ0) is 21.8. The summed E-state index contributed by atoms with van der Waals surface area (Å²) < 4.78 is 19.5. The zero-order valence-corrected chi connectivity index (χ0v) is 18.3. The molecule has 4 rings (SSSR count). The lowest BCUT2D eigenvalue weighted by atomic mass is 10.0. The van der Waals surface area contributed by atoms with E-state index >= 15 is 0 Å². The van der Waals surface area contributed by atoms with Gasteiger partial charge in [0, 0.05) is 50.4 Å². The zero-order valence-electron chi connectivity index (χ0n) is 18.3.